The standard InChI is InChI=1S/C42H44N2O/c45-40-41(36(30-16-5-1-6-17-30)34-24-13-28-43(34)38(41)32-20-9-3-10-21-32)26-15-27-42(40)37(31-18-7-2-8-19-31)35-25-14-29-44(35)39(42)33-22-11-4-12-23-33/h1-12,16-23,34-39H,13-15,24-29H2. The first-order chi connectivity index (χ1) is 22.2. The Labute approximate surface area is 268 Å². The average Bonchev–Trinajstić information content (AvgIpc) is 3.86. The van der Waals surface area contributed by atoms with E-state index in [4.69, 9.17) is 0 Å². The lowest BCUT2D eigenvalue weighted by molar-refractivity contribution is -0.151. The highest BCUT2D eigenvalue weighted by molar-refractivity contribution is 5.96. The second-order valence-corrected chi connectivity index (χ2v) is 14.6. The van der Waals surface area contributed by atoms with Gasteiger partial charge in [-0.3, -0.25) is 14.6 Å². The Morgan fingerprint density at radius 2 is 0.822 bits per heavy atom. The molecule has 8 atom stereocenters. The number of carbonyl (C=O) groups excluding carboxylic acids is 1. The van der Waals surface area contributed by atoms with Gasteiger partial charge < -0.3 is 0 Å². The minimum absolute atomic E-state index is 0.101. The van der Waals surface area contributed by atoms with E-state index in [-0.39, 0.29) is 23.9 Å². The number of rotatable bonds is 4. The molecule has 0 aromatic heterocycles. The summed E-state index contributed by atoms with van der Waals surface area (Å²) in [5, 5.41) is 0. The molecule has 4 aromatic carbocycles. The molecule has 9 rings (SSSR count). The van der Waals surface area contributed by atoms with Gasteiger partial charge in [0.05, 0.1) is 10.8 Å². The minimum Gasteiger partial charge on any atom is -0.298 e. The van der Waals surface area contributed by atoms with Gasteiger partial charge in [-0.05, 0) is 73.9 Å². The lowest BCUT2D eigenvalue weighted by Crippen LogP contribution is -2.56. The molecule has 0 amide bonds. The van der Waals surface area contributed by atoms with Crippen LogP contribution in [0.2, 0.25) is 0 Å². The van der Waals surface area contributed by atoms with Crippen molar-refractivity contribution in [3.63, 3.8) is 0 Å². The molecule has 4 saturated heterocycles. The van der Waals surface area contributed by atoms with Crippen LogP contribution < -0.4 is 0 Å². The number of nitrogens with zero attached hydrogens (tertiary/aromatic N) is 2. The van der Waals surface area contributed by atoms with E-state index in [0.717, 1.165) is 32.4 Å². The third-order valence-corrected chi connectivity index (χ3v) is 12.8. The normalized spacial score (nSPS) is 36.1. The van der Waals surface area contributed by atoms with Crippen LogP contribution in [-0.2, 0) is 4.79 Å². The molecule has 4 heterocycles. The maximum atomic E-state index is 16.7. The van der Waals surface area contributed by atoms with Crippen molar-refractivity contribution in [3.05, 3.63) is 144 Å². The van der Waals surface area contributed by atoms with Gasteiger partial charge in [-0.2, -0.15) is 0 Å². The predicted molar refractivity (Wildman–Crippen MR) is 180 cm³/mol. The molecule has 4 aromatic rings. The lowest BCUT2D eigenvalue weighted by Gasteiger charge is -2.54. The maximum Gasteiger partial charge on any atom is 0.150 e. The van der Waals surface area contributed by atoms with Gasteiger partial charge in [0.15, 0.2) is 0 Å². The quantitative estimate of drug-likeness (QED) is 0.237. The molecule has 3 nitrogen and oxygen atoms in total. The Morgan fingerprint density at radius 1 is 0.467 bits per heavy atom. The highest BCUT2D eigenvalue weighted by atomic mass is 16.1. The summed E-state index contributed by atoms with van der Waals surface area (Å²) in [5.41, 5.74) is 4.43. The molecule has 3 heteroatoms. The van der Waals surface area contributed by atoms with Gasteiger partial charge >= 0.3 is 0 Å². The first-order valence-corrected chi connectivity index (χ1v) is 17.5. The average molecular weight is 593 g/mol. The van der Waals surface area contributed by atoms with Gasteiger partial charge in [-0.1, -0.05) is 128 Å². The molecule has 1 aliphatic carbocycles. The van der Waals surface area contributed by atoms with Crippen LogP contribution in [0, 0.1) is 10.8 Å². The zero-order chi connectivity index (χ0) is 30.0. The van der Waals surface area contributed by atoms with Crippen LogP contribution in [0.3, 0.4) is 0 Å². The molecule has 228 valence electrons. The number of hydrogen-bond donors (Lipinski definition) is 0. The lowest BCUT2D eigenvalue weighted by atomic mass is 9.47. The van der Waals surface area contributed by atoms with E-state index >= 15 is 4.79 Å². The zero-order valence-corrected chi connectivity index (χ0v) is 26.2. The molecule has 1 saturated carbocycles. The molecule has 8 unspecified atom stereocenters. The molecular formula is C42H44N2O. The van der Waals surface area contributed by atoms with Crippen molar-refractivity contribution in [2.24, 2.45) is 10.8 Å². The smallest absolute Gasteiger partial charge is 0.150 e. The third-order valence-electron chi connectivity index (χ3n) is 12.8. The fourth-order valence-corrected chi connectivity index (χ4v) is 11.7. The van der Waals surface area contributed by atoms with Crippen molar-refractivity contribution < 1.29 is 4.79 Å². The Kier molecular flexibility index (Phi) is 6.65. The summed E-state index contributed by atoms with van der Waals surface area (Å²) in [6.07, 6.45) is 7.78. The molecule has 45 heavy (non-hydrogen) atoms. The monoisotopic (exact) mass is 592 g/mol. The summed E-state index contributed by atoms with van der Waals surface area (Å²) in [6, 6.07) is 45.7. The van der Waals surface area contributed by atoms with Crippen molar-refractivity contribution in [3.8, 4) is 0 Å². The van der Waals surface area contributed by atoms with Crippen molar-refractivity contribution >= 4 is 5.78 Å². The maximum absolute atomic E-state index is 16.7. The van der Waals surface area contributed by atoms with Crippen LogP contribution >= 0.6 is 0 Å². The summed E-state index contributed by atoms with van der Waals surface area (Å²) in [7, 11) is 0. The highest BCUT2D eigenvalue weighted by Gasteiger charge is 2.74. The van der Waals surface area contributed by atoms with Crippen molar-refractivity contribution in [2.45, 2.75) is 80.9 Å². The second kappa shape index (κ2) is 10.8. The largest absolute Gasteiger partial charge is 0.298 e. The Balaban J connectivity index is 1.32. The van der Waals surface area contributed by atoms with E-state index < -0.39 is 10.8 Å². The summed E-state index contributed by atoms with van der Waals surface area (Å²) in [5.74, 6) is 0.953. The first-order valence-electron chi connectivity index (χ1n) is 17.5. The summed E-state index contributed by atoms with van der Waals surface area (Å²) in [6.45, 7) is 2.16. The van der Waals surface area contributed by atoms with E-state index in [9.17, 15) is 0 Å². The summed E-state index contributed by atoms with van der Waals surface area (Å²) >= 11 is 0. The fourth-order valence-electron chi connectivity index (χ4n) is 11.7. The molecule has 0 bridgehead atoms. The second-order valence-electron chi connectivity index (χ2n) is 14.6. The van der Waals surface area contributed by atoms with Gasteiger partial charge in [-0.25, -0.2) is 0 Å². The molecule has 0 N–H and O–H groups in total. The van der Waals surface area contributed by atoms with E-state index in [1.807, 2.05) is 0 Å². The predicted octanol–water partition coefficient (Wildman–Crippen LogP) is 8.72. The topological polar surface area (TPSA) is 23.6 Å². The number of hydrogen-bond acceptors (Lipinski definition) is 3. The molecule has 4 aliphatic heterocycles. The SMILES string of the molecule is O=C1C2(CCCC13C(c1ccccc1)C1CCCN1C3c1ccccc1)C(c1ccccc1)C1CCCN1C2c1ccccc1. The summed E-state index contributed by atoms with van der Waals surface area (Å²) < 4.78 is 0. The van der Waals surface area contributed by atoms with Crippen LogP contribution in [-0.4, -0.2) is 40.8 Å². The van der Waals surface area contributed by atoms with E-state index in [2.05, 4.69) is 131 Å². The van der Waals surface area contributed by atoms with Crippen molar-refractivity contribution in [1.29, 1.82) is 0 Å². The van der Waals surface area contributed by atoms with Gasteiger partial charge in [0.2, 0.25) is 0 Å². The van der Waals surface area contributed by atoms with Crippen LogP contribution in [0.15, 0.2) is 121 Å². The van der Waals surface area contributed by atoms with Crippen molar-refractivity contribution in [1.82, 2.24) is 9.80 Å². The van der Waals surface area contributed by atoms with E-state index in [1.165, 1.54) is 47.9 Å². The molecule has 2 spiro atoms. The third kappa shape index (κ3) is 3.87. The fraction of sp³-hybridized carbons (Fsp3) is 0.405. The molecule has 5 fully saturated rings. The molecule has 5 aliphatic rings. The number of Topliss-reactive ketones (excluding diaryl/α,β-unsaturated/α-hetero) is 1. The van der Waals surface area contributed by atoms with Crippen LogP contribution in [0.1, 0.15) is 91.1 Å². The summed E-state index contributed by atoms with van der Waals surface area (Å²) in [4.78, 5) is 22.3. The van der Waals surface area contributed by atoms with Gasteiger partial charge in [-0.15, -0.1) is 0 Å². The van der Waals surface area contributed by atoms with E-state index in [0.29, 0.717) is 17.9 Å². The first kappa shape index (κ1) is 27.8. The van der Waals surface area contributed by atoms with E-state index in [1.54, 1.807) is 0 Å². The minimum atomic E-state index is -0.480. The Bertz CT molecular complexity index is 1420. The van der Waals surface area contributed by atoms with Crippen molar-refractivity contribution in [2.75, 3.05) is 13.1 Å². The van der Waals surface area contributed by atoms with Crippen LogP contribution in [0.5, 0.6) is 0 Å². The van der Waals surface area contributed by atoms with Crippen LogP contribution in [0.25, 0.3) is 0 Å². The molecular weight excluding hydrogens is 548 g/mol. The highest BCUT2D eigenvalue weighted by Crippen LogP contribution is 2.73. The van der Waals surface area contributed by atoms with Gasteiger partial charge in [0, 0.05) is 36.0 Å². The Hall–Kier alpha value is -3.53. The van der Waals surface area contributed by atoms with Gasteiger partial charge in [0.25, 0.3) is 0 Å². The molecule has 0 radical (unpaired) electrons. The van der Waals surface area contributed by atoms with Gasteiger partial charge in [0.1, 0.15) is 5.78 Å². The number of benzene rings is 4. The number of ketones is 1. The zero-order valence-electron chi connectivity index (χ0n) is 26.2. The Morgan fingerprint density at radius 3 is 1.20 bits per heavy atom. The number of fused-ring (bicyclic) bond motifs is 2. The number of carbonyl (C=O) groups is 1. The van der Waals surface area contributed by atoms with Crippen LogP contribution in [0.4, 0.5) is 0 Å².